The van der Waals surface area contributed by atoms with Gasteiger partial charge in [0.2, 0.25) is 0 Å². The Morgan fingerprint density at radius 2 is 2.15 bits per heavy atom. The van der Waals surface area contributed by atoms with Crippen LogP contribution in [0.2, 0.25) is 5.02 Å². The predicted octanol–water partition coefficient (Wildman–Crippen LogP) is 2.60. The molecule has 2 heterocycles. The Kier molecular flexibility index (Phi) is 6.10. The molecule has 2 aromatic rings. The Morgan fingerprint density at radius 1 is 1.37 bits per heavy atom. The monoisotopic (exact) mass is 412 g/mol. The van der Waals surface area contributed by atoms with Crippen molar-refractivity contribution in [1.82, 2.24) is 13.9 Å². The number of halogens is 1. The summed E-state index contributed by atoms with van der Waals surface area (Å²) in [7, 11) is -1.92. The van der Waals surface area contributed by atoms with Gasteiger partial charge in [0.25, 0.3) is 10.0 Å². The fourth-order valence-electron chi connectivity index (χ4n) is 3.01. The molecule has 1 aliphatic rings. The first kappa shape index (κ1) is 20.1. The summed E-state index contributed by atoms with van der Waals surface area (Å²) in [5, 5.41) is 4.05. The lowest BCUT2D eigenvalue weighted by molar-refractivity contribution is 0.0404. The van der Waals surface area contributed by atoms with Crippen LogP contribution in [0.4, 0.5) is 5.69 Å². The minimum atomic E-state index is -3.67. The molecule has 1 aliphatic heterocycles. The topological polar surface area (TPSA) is 76.5 Å². The number of rotatable bonds is 7. The van der Waals surface area contributed by atoms with E-state index in [9.17, 15) is 8.42 Å². The van der Waals surface area contributed by atoms with E-state index >= 15 is 0 Å². The van der Waals surface area contributed by atoms with E-state index in [1.165, 1.54) is 16.8 Å². The Balaban J connectivity index is 1.80. The van der Waals surface area contributed by atoms with Crippen LogP contribution in [-0.2, 0) is 21.8 Å². The van der Waals surface area contributed by atoms with E-state index in [1.807, 2.05) is 18.2 Å². The average Bonchev–Trinajstić information content (AvgIpc) is 3.20. The maximum atomic E-state index is 12.9. The molecule has 0 amide bonds. The Bertz CT molecular complexity index is 884. The van der Waals surface area contributed by atoms with E-state index in [1.54, 1.807) is 17.7 Å². The highest BCUT2D eigenvalue weighted by atomic mass is 35.5. The van der Waals surface area contributed by atoms with E-state index < -0.39 is 10.0 Å². The van der Waals surface area contributed by atoms with Gasteiger partial charge in [0.05, 0.1) is 18.5 Å². The first-order valence-electron chi connectivity index (χ1n) is 8.87. The summed E-state index contributed by atoms with van der Waals surface area (Å²) in [5.74, 6) is 0.360. The molecule has 1 fully saturated rings. The fraction of sp³-hybridized carbons (Fsp3) is 0.500. The van der Waals surface area contributed by atoms with Crippen LogP contribution in [-0.4, -0.2) is 54.1 Å². The van der Waals surface area contributed by atoms with Crippen LogP contribution in [0.3, 0.4) is 0 Å². The van der Waals surface area contributed by atoms with Gasteiger partial charge in [0.1, 0.15) is 0 Å². The number of ether oxygens (including phenoxy) is 1. The summed E-state index contributed by atoms with van der Waals surface area (Å²) < 4.78 is 34.9. The number of aromatic nitrogens is 2. The van der Waals surface area contributed by atoms with Crippen molar-refractivity contribution in [2.45, 2.75) is 31.0 Å². The van der Waals surface area contributed by atoms with Crippen molar-refractivity contribution in [3.63, 3.8) is 0 Å². The van der Waals surface area contributed by atoms with Crippen LogP contribution in [0.5, 0.6) is 0 Å². The zero-order valence-corrected chi connectivity index (χ0v) is 17.2. The second-order valence-corrected chi connectivity index (χ2v) is 9.55. The molecule has 0 saturated carbocycles. The number of nitrogens with one attached hydrogen (secondary N) is 1. The molecule has 1 aromatic heterocycles. The first-order valence-corrected chi connectivity index (χ1v) is 10.7. The number of hydrogen-bond donors (Lipinski definition) is 1. The summed E-state index contributed by atoms with van der Waals surface area (Å²) in [4.78, 5) is 4.01. The molecule has 1 N–H and O–H groups in total. The second-order valence-electron chi connectivity index (χ2n) is 7.23. The number of aryl methyl sites for hydroxylation is 1. The highest BCUT2D eigenvalue weighted by Crippen LogP contribution is 2.25. The van der Waals surface area contributed by atoms with Crippen molar-refractivity contribution in [1.29, 1.82) is 0 Å². The van der Waals surface area contributed by atoms with Crippen molar-refractivity contribution in [3.05, 3.63) is 41.8 Å². The lowest BCUT2D eigenvalue weighted by Gasteiger charge is -2.22. The molecule has 1 aromatic carbocycles. The smallest absolute Gasteiger partial charge is 0.262 e. The van der Waals surface area contributed by atoms with Crippen molar-refractivity contribution in [2.24, 2.45) is 13.0 Å². The molecule has 27 heavy (non-hydrogen) atoms. The number of benzene rings is 1. The van der Waals surface area contributed by atoms with E-state index in [0.717, 1.165) is 5.69 Å². The Morgan fingerprint density at radius 3 is 2.78 bits per heavy atom. The quantitative estimate of drug-likeness (QED) is 0.756. The molecule has 0 unspecified atom stereocenters. The lowest BCUT2D eigenvalue weighted by Crippen LogP contribution is -2.35. The van der Waals surface area contributed by atoms with E-state index in [4.69, 9.17) is 16.3 Å². The number of hydrogen-bond acceptors (Lipinski definition) is 5. The Labute approximate surface area is 165 Å². The summed E-state index contributed by atoms with van der Waals surface area (Å²) in [5.41, 5.74) is 0.836. The molecule has 9 heteroatoms. The highest BCUT2D eigenvalue weighted by molar-refractivity contribution is 7.89. The molecule has 0 radical (unpaired) electrons. The number of nitrogens with zero attached hydrogens (tertiary/aromatic N) is 3. The van der Waals surface area contributed by atoms with E-state index in [2.05, 4.69) is 24.1 Å². The van der Waals surface area contributed by atoms with Gasteiger partial charge in [0, 0.05) is 43.7 Å². The molecule has 0 spiro atoms. The van der Waals surface area contributed by atoms with Gasteiger partial charge >= 0.3 is 0 Å². The highest BCUT2D eigenvalue weighted by Gasteiger charge is 2.41. The van der Waals surface area contributed by atoms with E-state index in [-0.39, 0.29) is 23.7 Å². The number of sulfonamides is 1. The van der Waals surface area contributed by atoms with Crippen LogP contribution in [0.25, 0.3) is 0 Å². The van der Waals surface area contributed by atoms with E-state index in [0.29, 0.717) is 24.1 Å². The van der Waals surface area contributed by atoms with Gasteiger partial charge < -0.3 is 14.6 Å². The van der Waals surface area contributed by atoms with Gasteiger partial charge in [-0.25, -0.2) is 13.4 Å². The second kappa shape index (κ2) is 8.18. The zero-order chi connectivity index (χ0) is 19.6. The maximum absolute atomic E-state index is 12.9. The summed E-state index contributed by atoms with van der Waals surface area (Å²) in [6.45, 7) is 5.28. The van der Waals surface area contributed by atoms with Gasteiger partial charge in [-0.2, -0.15) is 4.31 Å². The molecular weight excluding hydrogens is 388 g/mol. The van der Waals surface area contributed by atoms with Crippen molar-refractivity contribution >= 4 is 27.3 Å². The number of anilines is 1. The molecule has 0 bridgehead atoms. The standard InChI is InChI=1S/C18H25ClN4O3S/c1-13(2)11-26-17-9-23(27(24,25)18-10-22(3)12-20-18)8-16(17)21-15-6-4-5-14(19)7-15/h4-7,10,12-13,16-17,21H,8-9,11H2,1-3H3/t16-,17-/m0/s1. The molecule has 148 valence electrons. The lowest BCUT2D eigenvalue weighted by atomic mass is 10.2. The minimum absolute atomic E-state index is 0.0519. The van der Waals surface area contributed by atoms with Crippen molar-refractivity contribution in [3.8, 4) is 0 Å². The van der Waals surface area contributed by atoms with Crippen molar-refractivity contribution < 1.29 is 13.2 Å². The minimum Gasteiger partial charge on any atom is -0.378 e. The third-order valence-electron chi connectivity index (χ3n) is 4.34. The Hall–Kier alpha value is -1.61. The molecular formula is C18H25ClN4O3S. The van der Waals surface area contributed by atoms with Crippen LogP contribution < -0.4 is 5.32 Å². The summed E-state index contributed by atoms with van der Waals surface area (Å²) in [6.07, 6.45) is 2.74. The SMILES string of the molecule is CC(C)CO[C@H]1CN(S(=O)(=O)c2cn(C)cn2)C[C@@H]1Nc1cccc(Cl)c1. The van der Waals surface area contributed by atoms with Gasteiger partial charge in [-0.3, -0.25) is 0 Å². The molecule has 7 nitrogen and oxygen atoms in total. The molecule has 3 rings (SSSR count). The maximum Gasteiger partial charge on any atom is 0.262 e. The summed E-state index contributed by atoms with van der Waals surface area (Å²) >= 11 is 6.06. The van der Waals surface area contributed by atoms with Gasteiger partial charge in [-0.15, -0.1) is 0 Å². The largest absolute Gasteiger partial charge is 0.378 e. The molecule has 2 atom stereocenters. The van der Waals surface area contributed by atoms with Crippen LogP contribution >= 0.6 is 11.6 Å². The normalized spacial score (nSPS) is 21.1. The van der Waals surface area contributed by atoms with Gasteiger partial charge in [-0.05, 0) is 24.1 Å². The fourth-order valence-corrected chi connectivity index (χ4v) is 4.64. The third-order valence-corrected chi connectivity index (χ3v) is 6.29. The molecule has 1 saturated heterocycles. The van der Waals surface area contributed by atoms with Crippen molar-refractivity contribution in [2.75, 3.05) is 25.0 Å². The van der Waals surface area contributed by atoms with Gasteiger partial charge in [0.15, 0.2) is 5.03 Å². The molecule has 0 aliphatic carbocycles. The predicted molar refractivity (Wildman–Crippen MR) is 105 cm³/mol. The third kappa shape index (κ3) is 4.82. The number of imidazole rings is 1. The van der Waals surface area contributed by atoms with Crippen LogP contribution in [0.15, 0.2) is 41.8 Å². The van der Waals surface area contributed by atoms with Crippen LogP contribution in [0, 0.1) is 5.92 Å². The average molecular weight is 413 g/mol. The first-order chi connectivity index (χ1) is 12.8. The van der Waals surface area contributed by atoms with Gasteiger partial charge in [-0.1, -0.05) is 31.5 Å². The summed E-state index contributed by atoms with van der Waals surface area (Å²) in [6, 6.07) is 7.19. The zero-order valence-electron chi connectivity index (χ0n) is 15.7. The van der Waals surface area contributed by atoms with Crippen LogP contribution in [0.1, 0.15) is 13.8 Å².